The molecule has 0 fully saturated rings. The van der Waals surface area contributed by atoms with Crippen LogP contribution in [0.25, 0.3) is 0 Å². The van der Waals surface area contributed by atoms with Crippen molar-refractivity contribution in [1.82, 2.24) is 15.1 Å². The number of benzene rings is 1. The van der Waals surface area contributed by atoms with Crippen molar-refractivity contribution in [3.63, 3.8) is 0 Å². The minimum atomic E-state index is -4.54. The molecule has 1 aliphatic rings. The van der Waals surface area contributed by atoms with Crippen LogP contribution < -0.4 is 5.32 Å². The Morgan fingerprint density at radius 3 is 2.64 bits per heavy atom. The molecule has 1 aromatic heterocycles. The number of halogens is 5. The zero-order valence-corrected chi connectivity index (χ0v) is 11.3. The molecule has 3 nitrogen and oxygen atoms in total. The minimum absolute atomic E-state index is 0.0321. The lowest BCUT2D eigenvalue weighted by Gasteiger charge is -2.16. The van der Waals surface area contributed by atoms with Gasteiger partial charge in [0, 0.05) is 30.8 Å². The van der Waals surface area contributed by atoms with E-state index < -0.39 is 23.5 Å². The van der Waals surface area contributed by atoms with Gasteiger partial charge in [0.15, 0.2) is 17.3 Å². The van der Waals surface area contributed by atoms with Crippen LogP contribution >= 0.6 is 0 Å². The van der Waals surface area contributed by atoms with E-state index in [1.54, 1.807) is 0 Å². The van der Waals surface area contributed by atoms with Gasteiger partial charge in [-0.05, 0) is 17.7 Å². The molecule has 8 heteroatoms. The number of aromatic nitrogens is 2. The molecule has 1 aliphatic heterocycles. The number of rotatable bonds is 2. The van der Waals surface area contributed by atoms with E-state index in [9.17, 15) is 22.0 Å². The van der Waals surface area contributed by atoms with Crippen LogP contribution in [-0.2, 0) is 25.7 Å². The molecule has 2 heterocycles. The smallest absolute Gasteiger partial charge is 0.312 e. The Bertz CT molecular complexity index is 705. The maximum Gasteiger partial charge on any atom is 0.435 e. The third-order valence-corrected chi connectivity index (χ3v) is 3.59. The molecule has 0 atom stereocenters. The summed E-state index contributed by atoms with van der Waals surface area (Å²) in [6.07, 6.45) is -4.13. The molecule has 3 rings (SSSR count). The first-order valence-electron chi connectivity index (χ1n) is 6.66. The van der Waals surface area contributed by atoms with Crippen molar-refractivity contribution in [2.75, 3.05) is 6.54 Å². The molecule has 0 amide bonds. The highest BCUT2D eigenvalue weighted by Gasteiger charge is 2.39. The van der Waals surface area contributed by atoms with E-state index in [-0.39, 0.29) is 18.7 Å². The number of fused-ring (bicyclic) bond motifs is 1. The Hall–Kier alpha value is -1.96. The van der Waals surface area contributed by atoms with Gasteiger partial charge >= 0.3 is 6.18 Å². The second-order valence-corrected chi connectivity index (χ2v) is 5.10. The van der Waals surface area contributed by atoms with Crippen molar-refractivity contribution >= 4 is 0 Å². The Balaban J connectivity index is 2.00. The van der Waals surface area contributed by atoms with Crippen molar-refractivity contribution < 1.29 is 22.0 Å². The predicted molar refractivity (Wildman–Crippen MR) is 68.1 cm³/mol. The van der Waals surface area contributed by atoms with Crippen LogP contribution in [0.15, 0.2) is 18.2 Å². The summed E-state index contributed by atoms with van der Waals surface area (Å²) in [5, 5.41) is 6.53. The lowest BCUT2D eigenvalue weighted by atomic mass is 10.1. The summed E-state index contributed by atoms with van der Waals surface area (Å²) in [6, 6.07) is 3.26. The summed E-state index contributed by atoms with van der Waals surface area (Å²) < 4.78 is 66.5. The third-order valence-electron chi connectivity index (χ3n) is 3.59. The van der Waals surface area contributed by atoms with E-state index in [0.29, 0.717) is 24.2 Å². The number of nitrogens with one attached hydrogen (secondary N) is 1. The van der Waals surface area contributed by atoms with E-state index >= 15 is 0 Å². The lowest BCUT2D eigenvalue weighted by Crippen LogP contribution is -2.26. The summed E-state index contributed by atoms with van der Waals surface area (Å²) in [7, 11) is 0. The fourth-order valence-electron chi connectivity index (χ4n) is 2.59. The van der Waals surface area contributed by atoms with Gasteiger partial charge in [-0.25, -0.2) is 8.78 Å². The minimum Gasteiger partial charge on any atom is -0.312 e. The van der Waals surface area contributed by atoms with Crippen LogP contribution in [0.5, 0.6) is 0 Å². The summed E-state index contributed by atoms with van der Waals surface area (Å²) in [6.45, 7) is 0.616. The highest BCUT2D eigenvalue weighted by molar-refractivity contribution is 5.31. The Labute approximate surface area is 122 Å². The van der Waals surface area contributed by atoms with Crippen molar-refractivity contribution in [3.05, 3.63) is 52.3 Å². The van der Waals surface area contributed by atoms with Crippen LogP contribution in [0.1, 0.15) is 22.5 Å². The fourth-order valence-corrected chi connectivity index (χ4v) is 2.59. The van der Waals surface area contributed by atoms with Gasteiger partial charge in [-0.3, -0.25) is 4.68 Å². The van der Waals surface area contributed by atoms with Crippen molar-refractivity contribution in [2.45, 2.75) is 25.7 Å². The zero-order chi connectivity index (χ0) is 15.9. The van der Waals surface area contributed by atoms with Crippen molar-refractivity contribution in [3.8, 4) is 0 Å². The first-order chi connectivity index (χ1) is 10.4. The highest BCUT2D eigenvalue weighted by Crippen LogP contribution is 2.34. The third kappa shape index (κ3) is 2.70. The molecule has 1 N–H and O–H groups in total. The summed E-state index contributed by atoms with van der Waals surface area (Å²) in [5.74, 6) is -2.03. The molecular formula is C14H12F5N3. The van der Waals surface area contributed by atoms with Gasteiger partial charge < -0.3 is 5.32 Å². The first kappa shape index (κ1) is 15.0. The topological polar surface area (TPSA) is 29.9 Å². The molecule has 0 bridgehead atoms. The van der Waals surface area contributed by atoms with Crippen molar-refractivity contribution in [2.24, 2.45) is 0 Å². The van der Waals surface area contributed by atoms with Crippen molar-refractivity contribution in [1.29, 1.82) is 0 Å². The van der Waals surface area contributed by atoms with Gasteiger partial charge in [0.05, 0.1) is 6.54 Å². The lowest BCUT2D eigenvalue weighted by molar-refractivity contribution is -0.142. The fraction of sp³-hybridized carbons (Fsp3) is 0.357. The Morgan fingerprint density at radius 2 is 1.95 bits per heavy atom. The normalized spacial score (nSPS) is 15.0. The average Bonchev–Trinajstić information content (AvgIpc) is 2.82. The van der Waals surface area contributed by atoms with Gasteiger partial charge in [0.25, 0.3) is 0 Å². The SMILES string of the molecule is Fc1ccc(Cn2nc(C(F)(F)F)c3c2CCNC3)cc1F. The largest absolute Gasteiger partial charge is 0.435 e. The first-order valence-corrected chi connectivity index (χ1v) is 6.66. The van der Waals surface area contributed by atoms with Gasteiger partial charge in [0.2, 0.25) is 0 Å². The van der Waals surface area contributed by atoms with E-state index in [0.717, 1.165) is 12.1 Å². The molecule has 0 radical (unpaired) electrons. The molecule has 0 saturated heterocycles. The number of hydrogen-bond donors (Lipinski definition) is 1. The number of alkyl halides is 3. The Kier molecular flexibility index (Phi) is 3.64. The zero-order valence-electron chi connectivity index (χ0n) is 11.3. The second-order valence-electron chi connectivity index (χ2n) is 5.10. The van der Waals surface area contributed by atoms with Gasteiger partial charge in [0.1, 0.15) is 0 Å². The molecule has 0 saturated carbocycles. The molecule has 1 aromatic carbocycles. The second kappa shape index (κ2) is 5.35. The standard InChI is InChI=1S/C14H12F5N3/c15-10-2-1-8(5-11(10)16)7-22-12-3-4-20-6-9(12)13(21-22)14(17,18)19/h1-2,5,20H,3-4,6-7H2. The summed E-state index contributed by atoms with van der Waals surface area (Å²) >= 11 is 0. The molecule has 2 aromatic rings. The van der Waals surface area contributed by atoms with Crippen LogP contribution in [-0.4, -0.2) is 16.3 Å². The van der Waals surface area contributed by atoms with E-state index in [4.69, 9.17) is 0 Å². The average molecular weight is 317 g/mol. The highest BCUT2D eigenvalue weighted by atomic mass is 19.4. The monoisotopic (exact) mass is 317 g/mol. The summed E-state index contributed by atoms with van der Waals surface area (Å²) in [4.78, 5) is 0. The molecular weight excluding hydrogens is 305 g/mol. The maximum atomic E-state index is 13.2. The molecule has 0 aliphatic carbocycles. The maximum absolute atomic E-state index is 13.2. The summed E-state index contributed by atoms with van der Waals surface area (Å²) in [5.41, 5.74) is 0.0471. The molecule has 0 spiro atoms. The van der Waals surface area contributed by atoms with Crippen LogP contribution in [0.3, 0.4) is 0 Å². The number of nitrogens with zero attached hydrogens (tertiary/aromatic N) is 2. The molecule has 118 valence electrons. The van der Waals surface area contributed by atoms with Gasteiger partial charge in [-0.2, -0.15) is 18.3 Å². The van der Waals surface area contributed by atoms with Crippen LogP contribution in [0, 0.1) is 11.6 Å². The Morgan fingerprint density at radius 1 is 1.18 bits per heavy atom. The predicted octanol–water partition coefficient (Wildman–Crippen LogP) is 2.87. The number of hydrogen-bond acceptors (Lipinski definition) is 2. The van der Waals surface area contributed by atoms with Crippen LogP contribution in [0.2, 0.25) is 0 Å². The molecule has 0 unspecified atom stereocenters. The quantitative estimate of drug-likeness (QED) is 0.863. The van der Waals surface area contributed by atoms with Gasteiger partial charge in [-0.15, -0.1) is 0 Å². The van der Waals surface area contributed by atoms with E-state index in [1.165, 1.54) is 10.7 Å². The van der Waals surface area contributed by atoms with Crippen LogP contribution in [0.4, 0.5) is 22.0 Å². The van der Waals surface area contributed by atoms with E-state index in [2.05, 4.69) is 10.4 Å². The van der Waals surface area contributed by atoms with E-state index in [1.807, 2.05) is 0 Å². The molecule has 22 heavy (non-hydrogen) atoms. The van der Waals surface area contributed by atoms with Gasteiger partial charge in [-0.1, -0.05) is 6.07 Å².